The van der Waals surface area contributed by atoms with E-state index in [0.717, 1.165) is 38.5 Å². The van der Waals surface area contributed by atoms with Gasteiger partial charge >= 0.3 is 0 Å². The fourth-order valence-corrected chi connectivity index (χ4v) is 3.47. The molecule has 7 heteroatoms. The van der Waals surface area contributed by atoms with Crippen LogP contribution in [0.25, 0.3) is 0 Å². The summed E-state index contributed by atoms with van der Waals surface area (Å²) in [4.78, 5) is 69.2. The van der Waals surface area contributed by atoms with Gasteiger partial charge in [0, 0.05) is 69.6 Å². The molecule has 6 nitrogen and oxygen atoms in total. The molecule has 0 spiro atoms. The summed E-state index contributed by atoms with van der Waals surface area (Å²) in [6.07, 6.45) is 5.26. The number of carbonyl (C=O) groups excluding carboxylic acids is 6. The molecule has 0 aromatic rings. The predicted molar refractivity (Wildman–Crippen MR) is 161 cm³/mol. The van der Waals surface area contributed by atoms with Crippen molar-refractivity contribution >= 4 is 34.7 Å². The van der Waals surface area contributed by atoms with E-state index in [0.29, 0.717) is 0 Å². The Bertz CT molecular complexity index is 712. The number of ketones is 6. The molecule has 231 valence electrons. The SMILES string of the molecule is CCCC(C)C(=O)C(=O)C(C)(C)C.CCCC(C)C(=O)C(=O)C(C)(C)C.CCCC(C)C(=O)C(=O)C(C)(C)C.[La]. The third-order valence-corrected chi connectivity index (χ3v) is 6.22. The summed E-state index contributed by atoms with van der Waals surface area (Å²) in [5, 5.41) is 0. The monoisotopic (exact) mass is 691 g/mol. The molecular formula is C33H60LaO6. The van der Waals surface area contributed by atoms with E-state index in [4.69, 9.17) is 0 Å². The van der Waals surface area contributed by atoms with Crippen LogP contribution in [0.2, 0.25) is 0 Å². The van der Waals surface area contributed by atoms with Crippen LogP contribution in [0.4, 0.5) is 0 Å². The average Bonchev–Trinajstić information content (AvgIpc) is 2.80. The number of carbonyl (C=O) groups is 6. The summed E-state index contributed by atoms with van der Waals surface area (Å²) in [6.45, 7) is 27.6. The zero-order valence-corrected chi connectivity index (χ0v) is 32.1. The fourth-order valence-electron chi connectivity index (χ4n) is 3.47. The van der Waals surface area contributed by atoms with Crippen molar-refractivity contribution < 1.29 is 64.4 Å². The van der Waals surface area contributed by atoms with Crippen molar-refractivity contribution in [1.29, 1.82) is 0 Å². The predicted octanol–water partition coefficient (Wildman–Crippen LogP) is 7.82. The van der Waals surface area contributed by atoms with Crippen LogP contribution in [-0.2, 0) is 28.8 Å². The van der Waals surface area contributed by atoms with Gasteiger partial charge in [0.05, 0.1) is 0 Å². The molecule has 3 atom stereocenters. The molecule has 0 aliphatic carbocycles. The first-order valence-corrected chi connectivity index (χ1v) is 14.7. The Hall–Kier alpha value is -0.785. The molecule has 0 saturated carbocycles. The Labute approximate surface area is 274 Å². The minimum atomic E-state index is -0.529. The van der Waals surface area contributed by atoms with Crippen LogP contribution in [0.5, 0.6) is 0 Å². The van der Waals surface area contributed by atoms with Gasteiger partial charge in [0.2, 0.25) is 34.7 Å². The summed E-state index contributed by atoms with van der Waals surface area (Å²) in [7, 11) is 0. The molecule has 0 saturated heterocycles. The Morgan fingerprint density at radius 2 is 0.575 bits per heavy atom. The van der Waals surface area contributed by atoms with Gasteiger partial charge in [-0.1, -0.05) is 123 Å². The molecule has 0 heterocycles. The minimum absolute atomic E-state index is 0. The van der Waals surface area contributed by atoms with E-state index in [1.54, 1.807) is 62.3 Å². The molecule has 0 rings (SSSR count). The first-order chi connectivity index (χ1) is 17.4. The topological polar surface area (TPSA) is 102 Å². The van der Waals surface area contributed by atoms with Crippen LogP contribution in [0.3, 0.4) is 0 Å². The van der Waals surface area contributed by atoms with Gasteiger partial charge in [0.15, 0.2) is 0 Å². The molecule has 0 bridgehead atoms. The van der Waals surface area contributed by atoms with E-state index in [9.17, 15) is 28.8 Å². The normalized spacial score (nSPS) is 13.6. The van der Waals surface area contributed by atoms with Crippen molar-refractivity contribution in [2.75, 3.05) is 0 Å². The van der Waals surface area contributed by atoms with Crippen LogP contribution in [0.15, 0.2) is 0 Å². The minimum Gasteiger partial charge on any atom is -0.291 e. The van der Waals surface area contributed by atoms with Crippen LogP contribution in [0.1, 0.15) is 142 Å². The average molecular weight is 692 g/mol. The van der Waals surface area contributed by atoms with Crippen LogP contribution >= 0.6 is 0 Å². The van der Waals surface area contributed by atoms with Crippen molar-refractivity contribution in [2.24, 2.45) is 34.0 Å². The molecule has 0 N–H and O–H groups in total. The van der Waals surface area contributed by atoms with Gasteiger partial charge in [-0.2, -0.15) is 0 Å². The van der Waals surface area contributed by atoms with Crippen molar-refractivity contribution in [2.45, 2.75) is 142 Å². The molecule has 0 aliphatic heterocycles. The van der Waals surface area contributed by atoms with Gasteiger partial charge in [-0.25, -0.2) is 0 Å². The Kier molecular flexibility index (Phi) is 24.2. The van der Waals surface area contributed by atoms with Gasteiger partial charge in [-0.15, -0.1) is 0 Å². The first kappa shape index (κ1) is 46.2. The van der Waals surface area contributed by atoms with Gasteiger partial charge in [-0.05, 0) is 19.3 Å². The number of hydrogen-bond acceptors (Lipinski definition) is 6. The van der Waals surface area contributed by atoms with E-state index in [1.165, 1.54) is 0 Å². The van der Waals surface area contributed by atoms with E-state index in [2.05, 4.69) is 0 Å². The van der Waals surface area contributed by atoms with Crippen LogP contribution in [-0.4, -0.2) is 34.7 Å². The summed E-state index contributed by atoms with van der Waals surface area (Å²) in [6, 6.07) is 0. The second-order valence-corrected chi connectivity index (χ2v) is 13.9. The molecule has 0 fully saturated rings. The third kappa shape index (κ3) is 19.4. The molecule has 0 aromatic carbocycles. The Morgan fingerprint density at radius 1 is 0.425 bits per heavy atom. The number of rotatable bonds is 12. The van der Waals surface area contributed by atoms with Crippen molar-refractivity contribution in [3.63, 3.8) is 0 Å². The van der Waals surface area contributed by atoms with Crippen molar-refractivity contribution in [3.8, 4) is 0 Å². The van der Waals surface area contributed by atoms with E-state index in [-0.39, 0.29) is 88.1 Å². The molecule has 1 radical (unpaired) electrons. The van der Waals surface area contributed by atoms with Crippen molar-refractivity contribution in [1.82, 2.24) is 0 Å². The van der Waals surface area contributed by atoms with Crippen LogP contribution < -0.4 is 0 Å². The molecule has 0 amide bonds. The quantitative estimate of drug-likeness (QED) is 0.194. The number of hydrogen-bond donors (Lipinski definition) is 0. The Morgan fingerprint density at radius 3 is 0.675 bits per heavy atom. The zero-order chi connectivity index (χ0) is 31.9. The van der Waals surface area contributed by atoms with Gasteiger partial charge in [0.1, 0.15) is 0 Å². The second kappa shape index (κ2) is 21.0. The summed E-state index contributed by atoms with van der Waals surface area (Å²) < 4.78 is 0. The maximum atomic E-state index is 11.5. The smallest absolute Gasteiger partial charge is 0.203 e. The standard InChI is InChI=1S/3C11H20O2.La/c3*1-6-7-8(2)9(12)10(13)11(3,4)5;/h3*8H,6-7H2,1-5H3;. The molecule has 3 unspecified atom stereocenters. The summed E-state index contributed by atoms with van der Waals surface area (Å²) in [5.74, 6) is -1.71. The van der Waals surface area contributed by atoms with Crippen LogP contribution in [0, 0.1) is 69.6 Å². The van der Waals surface area contributed by atoms with Gasteiger partial charge < -0.3 is 0 Å². The summed E-state index contributed by atoms with van der Waals surface area (Å²) >= 11 is 0. The van der Waals surface area contributed by atoms with Gasteiger partial charge in [-0.3, -0.25) is 28.8 Å². The maximum Gasteiger partial charge on any atom is 0.203 e. The molecule has 0 aliphatic rings. The molecular weight excluding hydrogens is 631 g/mol. The third-order valence-electron chi connectivity index (χ3n) is 6.22. The van der Waals surface area contributed by atoms with Gasteiger partial charge in [0.25, 0.3) is 0 Å². The Balaban J connectivity index is -0.000000240. The summed E-state index contributed by atoms with van der Waals surface area (Å²) in [5.41, 5.74) is -1.59. The number of Topliss-reactive ketones (excluding diaryl/α,β-unsaturated/α-hetero) is 6. The molecule has 40 heavy (non-hydrogen) atoms. The zero-order valence-electron chi connectivity index (χ0n) is 28.5. The maximum absolute atomic E-state index is 11.5. The van der Waals surface area contributed by atoms with Crippen molar-refractivity contribution in [3.05, 3.63) is 0 Å². The van der Waals surface area contributed by atoms with E-state index >= 15 is 0 Å². The largest absolute Gasteiger partial charge is 0.291 e. The first-order valence-electron chi connectivity index (χ1n) is 14.7. The molecule has 0 aromatic heterocycles. The van der Waals surface area contributed by atoms with E-state index in [1.807, 2.05) is 41.5 Å². The fraction of sp³-hybridized carbons (Fsp3) is 0.818. The second-order valence-electron chi connectivity index (χ2n) is 13.9. The van der Waals surface area contributed by atoms with E-state index < -0.39 is 16.2 Å².